The molecule has 1 unspecified atom stereocenters. The number of benzene rings is 3. The molecule has 9 heteroatoms. The summed E-state index contributed by atoms with van der Waals surface area (Å²) >= 11 is 0. The van der Waals surface area contributed by atoms with Crippen LogP contribution in [-0.2, 0) is 27.5 Å². The van der Waals surface area contributed by atoms with Crippen LogP contribution in [-0.4, -0.2) is 19.7 Å². The van der Waals surface area contributed by atoms with Gasteiger partial charge in [-0.1, -0.05) is 36.4 Å². The number of fused-ring (bicyclic) bond motifs is 1. The van der Waals surface area contributed by atoms with Gasteiger partial charge in [0.1, 0.15) is 18.2 Å². The highest BCUT2D eigenvalue weighted by Gasteiger charge is 2.25. The summed E-state index contributed by atoms with van der Waals surface area (Å²) in [5.74, 6) is -0.839. The Kier molecular flexibility index (Phi) is 7.57. The first-order chi connectivity index (χ1) is 16.9. The molecule has 0 aliphatic carbocycles. The van der Waals surface area contributed by atoms with Gasteiger partial charge in [-0.05, 0) is 35.9 Å². The highest BCUT2D eigenvalue weighted by Crippen LogP contribution is 2.37. The average molecular weight is 486 g/mol. The van der Waals surface area contributed by atoms with Crippen molar-refractivity contribution in [2.75, 3.05) is 7.11 Å². The van der Waals surface area contributed by atoms with E-state index in [1.165, 1.54) is 43.5 Å². The number of methoxy groups -OCH3 is 1. The Morgan fingerprint density at radius 2 is 1.91 bits per heavy atom. The molecule has 1 aliphatic heterocycles. The number of hydrogen-bond acceptors (Lipinski definition) is 6. The van der Waals surface area contributed by atoms with Gasteiger partial charge < -0.3 is 23.7 Å². The molecule has 0 saturated carbocycles. The summed E-state index contributed by atoms with van der Waals surface area (Å²) in [4.78, 5) is 12.3. The molecular weight excluding hydrogens is 465 g/mol. The maximum Gasteiger partial charge on any atom is 0.387 e. The molecule has 0 fully saturated rings. The van der Waals surface area contributed by atoms with Crippen molar-refractivity contribution >= 4 is 12.0 Å². The van der Waals surface area contributed by atoms with E-state index in [0.717, 1.165) is 11.6 Å². The summed E-state index contributed by atoms with van der Waals surface area (Å²) in [5, 5.41) is 0. The maximum atomic E-state index is 14.1. The van der Waals surface area contributed by atoms with Crippen LogP contribution >= 0.6 is 0 Å². The van der Waals surface area contributed by atoms with Crippen LogP contribution in [0.4, 0.5) is 13.2 Å². The van der Waals surface area contributed by atoms with Gasteiger partial charge in [-0.2, -0.15) is 8.78 Å². The molecule has 0 saturated heterocycles. The summed E-state index contributed by atoms with van der Waals surface area (Å²) < 4.78 is 65.4. The zero-order valence-corrected chi connectivity index (χ0v) is 18.6. The number of carbonyl (C=O) groups excluding carboxylic acids is 1. The highest BCUT2D eigenvalue weighted by atomic mass is 19.3. The SMILES string of the molecule is COc1cc(C=CC(=O)OCc2cc(F)cc3c2OC(c2ccccc2)OC3)ccc1OC(F)F. The van der Waals surface area contributed by atoms with Crippen molar-refractivity contribution < 1.29 is 41.7 Å². The molecule has 0 spiro atoms. The number of esters is 1. The van der Waals surface area contributed by atoms with Gasteiger partial charge in [0, 0.05) is 22.8 Å². The summed E-state index contributed by atoms with van der Waals surface area (Å²) in [6.07, 6.45) is 1.91. The van der Waals surface area contributed by atoms with E-state index in [1.54, 1.807) is 0 Å². The third kappa shape index (κ3) is 6.13. The van der Waals surface area contributed by atoms with Crippen LogP contribution in [0.25, 0.3) is 6.08 Å². The predicted molar refractivity (Wildman–Crippen MR) is 119 cm³/mol. The Bertz CT molecular complexity index is 1210. The molecule has 182 valence electrons. The van der Waals surface area contributed by atoms with Gasteiger partial charge >= 0.3 is 12.6 Å². The molecule has 1 atom stereocenters. The lowest BCUT2D eigenvalue weighted by Crippen LogP contribution is -2.19. The number of alkyl halides is 2. The third-order valence-corrected chi connectivity index (χ3v) is 5.08. The molecule has 1 heterocycles. The van der Waals surface area contributed by atoms with Crippen molar-refractivity contribution in [2.45, 2.75) is 26.1 Å². The molecule has 0 aromatic heterocycles. The van der Waals surface area contributed by atoms with Crippen LogP contribution in [0.2, 0.25) is 0 Å². The van der Waals surface area contributed by atoms with Gasteiger partial charge in [-0.15, -0.1) is 0 Å². The molecule has 0 bridgehead atoms. The Balaban J connectivity index is 1.43. The zero-order chi connectivity index (χ0) is 24.8. The van der Waals surface area contributed by atoms with E-state index < -0.39 is 24.7 Å². The molecule has 3 aromatic rings. The van der Waals surface area contributed by atoms with Gasteiger partial charge in [0.2, 0.25) is 6.29 Å². The Hall–Kier alpha value is -3.98. The Labute approximate surface area is 199 Å². The van der Waals surface area contributed by atoms with Gasteiger partial charge in [0.15, 0.2) is 11.5 Å². The van der Waals surface area contributed by atoms with E-state index in [4.69, 9.17) is 18.9 Å². The second kappa shape index (κ2) is 11.0. The maximum absolute atomic E-state index is 14.1. The number of rotatable bonds is 8. The lowest BCUT2D eigenvalue weighted by atomic mass is 10.1. The second-order valence-electron chi connectivity index (χ2n) is 7.45. The van der Waals surface area contributed by atoms with Gasteiger partial charge in [0.05, 0.1) is 13.7 Å². The third-order valence-electron chi connectivity index (χ3n) is 5.08. The van der Waals surface area contributed by atoms with Crippen molar-refractivity contribution in [3.63, 3.8) is 0 Å². The fourth-order valence-corrected chi connectivity index (χ4v) is 3.50. The minimum Gasteiger partial charge on any atom is -0.493 e. The minimum absolute atomic E-state index is 0.0829. The van der Waals surface area contributed by atoms with Gasteiger partial charge in [-0.3, -0.25) is 0 Å². The van der Waals surface area contributed by atoms with E-state index in [-0.39, 0.29) is 24.7 Å². The highest BCUT2D eigenvalue weighted by molar-refractivity contribution is 5.87. The van der Waals surface area contributed by atoms with Crippen molar-refractivity contribution in [3.05, 3.63) is 94.8 Å². The summed E-state index contributed by atoms with van der Waals surface area (Å²) in [7, 11) is 1.31. The van der Waals surface area contributed by atoms with Crippen molar-refractivity contribution in [1.82, 2.24) is 0 Å². The average Bonchev–Trinajstić information content (AvgIpc) is 2.86. The summed E-state index contributed by atoms with van der Waals surface area (Å²) in [6, 6.07) is 16.1. The molecule has 4 rings (SSSR count). The monoisotopic (exact) mass is 486 g/mol. The predicted octanol–water partition coefficient (Wildman–Crippen LogP) is 5.80. The lowest BCUT2D eigenvalue weighted by Gasteiger charge is -2.28. The van der Waals surface area contributed by atoms with Gasteiger partial charge in [0.25, 0.3) is 0 Å². The standard InChI is InChI=1S/C26H21F3O6/c1-31-22-11-16(7-9-21(22)34-26(28)29)8-10-23(30)32-14-18-12-20(27)13-19-15-33-25(35-24(18)19)17-5-3-2-4-6-17/h2-13,25-26H,14-15H2,1H3. The molecule has 0 N–H and O–H groups in total. The van der Waals surface area contributed by atoms with Crippen LogP contribution in [0.3, 0.4) is 0 Å². The van der Waals surface area contributed by atoms with Crippen LogP contribution in [0, 0.1) is 5.82 Å². The first-order valence-corrected chi connectivity index (χ1v) is 10.5. The molecular formula is C26H21F3O6. The normalized spacial score (nSPS) is 14.9. The lowest BCUT2D eigenvalue weighted by molar-refractivity contribution is -0.139. The van der Waals surface area contributed by atoms with Gasteiger partial charge in [-0.25, -0.2) is 9.18 Å². The van der Waals surface area contributed by atoms with Crippen molar-refractivity contribution in [1.29, 1.82) is 0 Å². The van der Waals surface area contributed by atoms with E-state index in [9.17, 15) is 18.0 Å². The smallest absolute Gasteiger partial charge is 0.387 e. The van der Waals surface area contributed by atoms with Crippen LogP contribution in [0.1, 0.15) is 28.5 Å². The zero-order valence-electron chi connectivity index (χ0n) is 18.6. The van der Waals surface area contributed by atoms with Crippen LogP contribution in [0.15, 0.2) is 66.7 Å². The molecule has 35 heavy (non-hydrogen) atoms. The number of hydrogen-bond donors (Lipinski definition) is 0. The quantitative estimate of drug-likeness (QED) is 0.296. The number of carbonyl (C=O) groups is 1. The Morgan fingerprint density at radius 3 is 2.66 bits per heavy atom. The molecule has 0 amide bonds. The Morgan fingerprint density at radius 1 is 1.11 bits per heavy atom. The fourth-order valence-electron chi connectivity index (χ4n) is 3.50. The first kappa shape index (κ1) is 24.2. The molecule has 6 nitrogen and oxygen atoms in total. The van der Waals surface area contributed by atoms with Crippen LogP contribution in [0.5, 0.6) is 17.2 Å². The molecule has 1 aliphatic rings. The first-order valence-electron chi connectivity index (χ1n) is 10.5. The molecule has 0 radical (unpaired) electrons. The minimum atomic E-state index is -2.99. The summed E-state index contributed by atoms with van der Waals surface area (Å²) in [6.45, 7) is -3.08. The summed E-state index contributed by atoms with van der Waals surface area (Å²) in [5.41, 5.74) is 2.17. The van der Waals surface area contributed by atoms with Crippen molar-refractivity contribution in [3.8, 4) is 17.2 Å². The fraction of sp³-hybridized carbons (Fsp3) is 0.192. The van der Waals surface area contributed by atoms with E-state index in [1.807, 2.05) is 30.3 Å². The second-order valence-corrected chi connectivity index (χ2v) is 7.45. The number of halogens is 3. The van der Waals surface area contributed by atoms with Crippen LogP contribution < -0.4 is 14.2 Å². The van der Waals surface area contributed by atoms with Crippen molar-refractivity contribution in [2.24, 2.45) is 0 Å². The molecule has 3 aromatic carbocycles. The van der Waals surface area contributed by atoms with E-state index in [0.29, 0.717) is 22.4 Å². The largest absolute Gasteiger partial charge is 0.493 e. The number of ether oxygens (including phenoxy) is 5. The van der Waals surface area contributed by atoms with E-state index >= 15 is 0 Å². The van der Waals surface area contributed by atoms with E-state index in [2.05, 4.69) is 4.74 Å². The topological polar surface area (TPSA) is 63.2 Å².